The van der Waals surface area contributed by atoms with E-state index in [1.807, 2.05) is 6.07 Å². The molecule has 3 heterocycles. The highest BCUT2D eigenvalue weighted by Gasteiger charge is 2.10. The molecule has 3 N–H and O–H groups in total. The van der Waals surface area contributed by atoms with Crippen molar-refractivity contribution in [2.45, 2.75) is 6.42 Å². The zero-order chi connectivity index (χ0) is 13.9. The van der Waals surface area contributed by atoms with Gasteiger partial charge in [0.25, 0.3) is 0 Å². The minimum atomic E-state index is -0.377. The summed E-state index contributed by atoms with van der Waals surface area (Å²) >= 11 is 0. The Morgan fingerprint density at radius 1 is 1.35 bits per heavy atom. The van der Waals surface area contributed by atoms with Crippen molar-refractivity contribution in [1.82, 2.24) is 20.1 Å². The van der Waals surface area contributed by atoms with Gasteiger partial charge in [-0.05, 0) is 17.7 Å². The molecule has 0 aliphatic heterocycles. The van der Waals surface area contributed by atoms with E-state index in [0.29, 0.717) is 23.6 Å². The highest BCUT2D eigenvalue weighted by Crippen LogP contribution is 2.24. The number of nitrogen functional groups attached to an aromatic ring is 1. The Kier molecular flexibility index (Phi) is 3.00. The maximum Gasteiger partial charge on any atom is 0.344 e. The highest BCUT2D eigenvalue weighted by atomic mass is 16.5. The molecule has 0 amide bonds. The molecule has 0 spiro atoms. The van der Waals surface area contributed by atoms with Gasteiger partial charge in [-0.15, -0.1) is 0 Å². The van der Waals surface area contributed by atoms with Gasteiger partial charge < -0.3 is 15.2 Å². The summed E-state index contributed by atoms with van der Waals surface area (Å²) in [6, 6.07) is 5.38. The third-order valence-corrected chi connectivity index (χ3v) is 2.78. The van der Waals surface area contributed by atoms with Gasteiger partial charge in [0.1, 0.15) is 5.82 Å². The Morgan fingerprint density at radius 2 is 2.25 bits per heavy atom. The first-order chi connectivity index (χ1) is 9.72. The second-order valence-corrected chi connectivity index (χ2v) is 4.22. The molecule has 3 aromatic heterocycles. The molecular weight excluding hydrogens is 258 g/mol. The zero-order valence-electron chi connectivity index (χ0n) is 10.4. The number of hydrogen-bond acceptors (Lipinski definition) is 6. The van der Waals surface area contributed by atoms with Gasteiger partial charge in [0.15, 0.2) is 5.76 Å². The van der Waals surface area contributed by atoms with Crippen molar-refractivity contribution in [2.75, 3.05) is 5.73 Å². The standard InChI is InChI=1S/C13H11N5O2/c14-12-10(2-1-3-15-12)11-5-9(18-20-11)4-8-6-16-13(19)17-7-8/h1-3,5-7H,4H2,(H2,14,15)(H,16,17,19). The Bertz CT molecular complexity index is 773. The van der Waals surface area contributed by atoms with Crippen LogP contribution in [0.5, 0.6) is 0 Å². The number of H-pyrrole nitrogens is 1. The molecule has 0 unspecified atom stereocenters. The normalized spacial score (nSPS) is 10.6. The summed E-state index contributed by atoms with van der Waals surface area (Å²) in [5.74, 6) is 0.948. The van der Waals surface area contributed by atoms with E-state index in [1.165, 1.54) is 6.20 Å². The maximum absolute atomic E-state index is 10.9. The molecule has 0 saturated carbocycles. The number of nitrogens with one attached hydrogen (secondary N) is 1. The molecule has 0 radical (unpaired) electrons. The highest BCUT2D eigenvalue weighted by molar-refractivity contribution is 5.69. The van der Waals surface area contributed by atoms with E-state index in [9.17, 15) is 4.79 Å². The Morgan fingerprint density at radius 3 is 3.00 bits per heavy atom. The summed E-state index contributed by atoms with van der Waals surface area (Å²) in [6.45, 7) is 0. The first-order valence-corrected chi connectivity index (χ1v) is 5.92. The van der Waals surface area contributed by atoms with Crippen LogP contribution in [0.1, 0.15) is 11.3 Å². The maximum atomic E-state index is 10.9. The van der Waals surface area contributed by atoms with Crippen LogP contribution in [0.15, 0.2) is 46.1 Å². The third kappa shape index (κ3) is 2.41. The minimum Gasteiger partial charge on any atom is -0.383 e. The fourth-order valence-corrected chi connectivity index (χ4v) is 1.82. The van der Waals surface area contributed by atoms with Crippen molar-refractivity contribution in [2.24, 2.45) is 0 Å². The number of anilines is 1. The van der Waals surface area contributed by atoms with Gasteiger partial charge >= 0.3 is 5.69 Å². The minimum absolute atomic E-state index is 0.377. The van der Waals surface area contributed by atoms with Crippen molar-refractivity contribution in [3.8, 4) is 11.3 Å². The van der Waals surface area contributed by atoms with Crippen molar-refractivity contribution < 1.29 is 4.52 Å². The number of aromatic nitrogens is 4. The molecule has 0 aromatic carbocycles. The van der Waals surface area contributed by atoms with Crippen LogP contribution >= 0.6 is 0 Å². The summed E-state index contributed by atoms with van der Waals surface area (Å²) in [6.07, 6.45) is 5.23. The summed E-state index contributed by atoms with van der Waals surface area (Å²) in [7, 11) is 0. The summed E-state index contributed by atoms with van der Waals surface area (Å²) in [5, 5.41) is 3.97. The monoisotopic (exact) mass is 269 g/mol. The lowest BCUT2D eigenvalue weighted by Crippen LogP contribution is -2.09. The number of nitrogens with two attached hydrogens (primary N) is 1. The van der Waals surface area contributed by atoms with Crippen LogP contribution in [0.4, 0.5) is 5.82 Å². The van der Waals surface area contributed by atoms with Gasteiger partial charge in [-0.3, -0.25) is 0 Å². The van der Waals surface area contributed by atoms with Gasteiger partial charge in [-0.1, -0.05) is 5.16 Å². The van der Waals surface area contributed by atoms with Gasteiger partial charge in [-0.2, -0.15) is 0 Å². The third-order valence-electron chi connectivity index (χ3n) is 2.78. The van der Waals surface area contributed by atoms with E-state index in [4.69, 9.17) is 10.3 Å². The molecule has 0 atom stereocenters. The summed E-state index contributed by atoms with van der Waals surface area (Å²) < 4.78 is 5.27. The second kappa shape index (κ2) is 4.96. The van der Waals surface area contributed by atoms with Gasteiger partial charge in [0, 0.05) is 31.1 Å². The first-order valence-electron chi connectivity index (χ1n) is 5.92. The Labute approximate surface area is 113 Å². The van der Waals surface area contributed by atoms with E-state index in [2.05, 4.69) is 20.1 Å². The van der Waals surface area contributed by atoms with Gasteiger partial charge in [-0.25, -0.2) is 14.8 Å². The van der Waals surface area contributed by atoms with Crippen LogP contribution in [-0.4, -0.2) is 20.1 Å². The van der Waals surface area contributed by atoms with Crippen LogP contribution in [0.3, 0.4) is 0 Å². The van der Waals surface area contributed by atoms with Crippen LogP contribution in [0.25, 0.3) is 11.3 Å². The molecule has 0 saturated heterocycles. The smallest absolute Gasteiger partial charge is 0.344 e. The van der Waals surface area contributed by atoms with E-state index in [-0.39, 0.29) is 5.69 Å². The van der Waals surface area contributed by atoms with E-state index < -0.39 is 0 Å². The van der Waals surface area contributed by atoms with Crippen molar-refractivity contribution in [3.63, 3.8) is 0 Å². The molecular formula is C13H11N5O2. The van der Waals surface area contributed by atoms with E-state index in [1.54, 1.807) is 24.5 Å². The van der Waals surface area contributed by atoms with E-state index >= 15 is 0 Å². The number of hydrogen-bond donors (Lipinski definition) is 2. The van der Waals surface area contributed by atoms with Crippen molar-refractivity contribution in [3.05, 3.63) is 58.5 Å². The Hall–Kier alpha value is -2.96. The number of aromatic amines is 1. The largest absolute Gasteiger partial charge is 0.383 e. The molecule has 7 heteroatoms. The van der Waals surface area contributed by atoms with Gasteiger partial charge in [0.2, 0.25) is 0 Å². The summed E-state index contributed by atoms with van der Waals surface area (Å²) in [5.41, 5.74) is 7.66. The summed E-state index contributed by atoms with van der Waals surface area (Å²) in [4.78, 5) is 21.0. The van der Waals surface area contributed by atoms with Crippen LogP contribution in [-0.2, 0) is 6.42 Å². The molecule has 0 fully saturated rings. The second-order valence-electron chi connectivity index (χ2n) is 4.22. The molecule has 0 aliphatic rings. The molecule has 0 aliphatic carbocycles. The predicted octanol–water partition coefficient (Wildman–Crippen LogP) is 0.993. The lowest BCUT2D eigenvalue weighted by molar-refractivity contribution is 0.425. The van der Waals surface area contributed by atoms with Crippen molar-refractivity contribution >= 4 is 5.82 Å². The quantitative estimate of drug-likeness (QED) is 0.733. The fraction of sp³-hybridized carbons (Fsp3) is 0.0769. The van der Waals surface area contributed by atoms with Crippen LogP contribution in [0, 0.1) is 0 Å². The van der Waals surface area contributed by atoms with Crippen LogP contribution < -0.4 is 11.4 Å². The average molecular weight is 269 g/mol. The molecule has 3 rings (SSSR count). The van der Waals surface area contributed by atoms with Crippen LogP contribution in [0.2, 0.25) is 0 Å². The average Bonchev–Trinajstić information content (AvgIpc) is 2.90. The fourth-order valence-electron chi connectivity index (χ4n) is 1.82. The van der Waals surface area contributed by atoms with Gasteiger partial charge in [0.05, 0.1) is 11.3 Å². The first kappa shape index (κ1) is 12.1. The number of pyridine rings is 1. The molecule has 0 bridgehead atoms. The lowest BCUT2D eigenvalue weighted by atomic mass is 10.1. The number of rotatable bonds is 3. The molecule has 20 heavy (non-hydrogen) atoms. The molecule has 100 valence electrons. The lowest BCUT2D eigenvalue weighted by Gasteiger charge is -1.97. The molecule has 7 nitrogen and oxygen atoms in total. The topological polar surface area (TPSA) is 111 Å². The zero-order valence-corrected chi connectivity index (χ0v) is 10.4. The molecule has 3 aromatic rings. The van der Waals surface area contributed by atoms with Crippen molar-refractivity contribution in [1.29, 1.82) is 0 Å². The SMILES string of the molecule is Nc1ncccc1-c1cc(Cc2cnc(=O)[nH]c2)no1. The number of nitrogens with zero attached hydrogens (tertiary/aromatic N) is 3. The Balaban J connectivity index is 1.85. The predicted molar refractivity (Wildman–Crippen MR) is 71.8 cm³/mol. The van der Waals surface area contributed by atoms with E-state index in [0.717, 1.165) is 11.3 Å².